The highest BCUT2D eigenvalue weighted by atomic mass is 16.7. The molecule has 0 bridgehead atoms. The molecule has 0 unspecified atom stereocenters. The Balaban J connectivity index is 1.17. The largest absolute Gasteiger partial charge is 0.454 e. The van der Waals surface area contributed by atoms with Crippen molar-refractivity contribution >= 4 is 17.7 Å². The highest BCUT2D eigenvalue weighted by molar-refractivity contribution is 5.90. The Bertz CT molecular complexity index is 1890. The number of hydrogen-bond acceptors (Lipinski definition) is 15. The van der Waals surface area contributed by atoms with E-state index in [1.165, 1.54) is 14.0 Å². The summed E-state index contributed by atoms with van der Waals surface area (Å²) in [4.78, 5) is 41.4. The van der Waals surface area contributed by atoms with Crippen LogP contribution >= 0.6 is 0 Å². The van der Waals surface area contributed by atoms with Crippen molar-refractivity contribution in [3.8, 4) is 0 Å². The number of carbonyl (C=O) groups is 3. The maximum absolute atomic E-state index is 14.1. The molecule has 15 nitrogen and oxygen atoms in total. The van der Waals surface area contributed by atoms with Gasteiger partial charge in [0.05, 0.1) is 30.0 Å². The first kappa shape index (κ1) is 46.9. The highest BCUT2D eigenvalue weighted by Crippen LogP contribution is 2.70. The van der Waals surface area contributed by atoms with Crippen LogP contribution in [0.25, 0.3) is 0 Å². The summed E-state index contributed by atoms with van der Waals surface area (Å²) in [5.74, 6) is -3.34. The van der Waals surface area contributed by atoms with Crippen LogP contribution in [-0.2, 0) is 47.5 Å². The Labute approximate surface area is 364 Å². The number of rotatable bonds is 11. The minimum absolute atomic E-state index is 0.00361. The molecule has 6 aliphatic rings. The van der Waals surface area contributed by atoms with E-state index in [0.29, 0.717) is 31.3 Å². The van der Waals surface area contributed by atoms with E-state index in [-0.39, 0.29) is 36.7 Å². The lowest BCUT2D eigenvalue weighted by atomic mass is 9.42. The third kappa shape index (κ3) is 7.61. The van der Waals surface area contributed by atoms with Crippen LogP contribution in [0.15, 0.2) is 53.6 Å². The molecule has 62 heavy (non-hydrogen) atoms. The van der Waals surface area contributed by atoms with E-state index in [1.54, 1.807) is 71.2 Å². The first-order valence-electron chi connectivity index (χ1n) is 22.1. The number of allylic oxidation sites excluding steroid dienone is 1. The Morgan fingerprint density at radius 2 is 1.56 bits per heavy atom. The predicted molar refractivity (Wildman–Crippen MR) is 221 cm³/mol. The number of aliphatic hydroxyl groups excluding tert-OH is 2. The van der Waals surface area contributed by atoms with Gasteiger partial charge in [-0.15, -0.1) is 0 Å². The highest BCUT2D eigenvalue weighted by Gasteiger charge is 2.80. The van der Waals surface area contributed by atoms with Crippen LogP contribution in [0.4, 0.5) is 0 Å². The van der Waals surface area contributed by atoms with Crippen LogP contribution in [0.1, 0.15) is 104 Å². The Morgan fingerprint density at radius 3 is 2.21 bits per heavy atom. The van der Waals surface area contributed by atoms with Crippen LogP contribution in [0.3, 0.4) is 0 Å². The van der Waals surface area contributed by atoms with Crippen LogP contribution < -0.4 is 0 Å². The molecule has 2 heterocycles. The number of ether oxygens (including phenoxy) is 8. The van der Waals surface area contributed by atoms with E-state index in [2.05, 4.69) is 0 Å². The van der Waals surface area contributed by atoms with Gasteiger partial charge < -0.3 is 58.3 Å². The number of aliphatic hydroxyl groups is 4. The third-order valence-electron chi connectivity index (χ3n) is 15.7. The second-order valence-electron chi connectivity index (χ2n) is 18.9. The molecule has 4 N–H and O–H groups in total. The van der Waals surface area contributed by atoms with Gasteiger partial charge >= 0.3 is 11.9 Å². The zero-order chi connectivity index (χ0) is 45.1. The van der Waals surface area contributed by atoms with Crippen molar-refractivity contribution < 1.29 is 72.7 Å². The van der Waals surface area contributed by atoms with Crippen LogP contribution in [-0.4, -0.2) is 137 Å². The van der Waals surface area contributed by atoms with Crippen molar-refractivity contribution in [1.29, 1.82) is 0 Å². The fourth-order valence-electron chi connectivity index (χ4n) is 12.1. The standard InChI is InChI=1S/C47H66O15/c1-10-24(2)41(51)62-40-38(60-42(52)28-14-12-11-13-15-28)39-44(6)19-17-30(22-29(44)16-20-46(39,53)47(54)21-18-31(25(3)48)45(40,47)7)59-33-23-32(55-8)36(27(5)57-33)61-43-35(50)37(56-9)34(49)26(4)58-43/h10-16,26-27,30-40,43,49-50,53-54H,17-23H2,1-9H3/b24-10+/t26-,27-,30+,31-,32-,33+,34-,35-,36-,37-,38+,39-,40-,43+,44+,45+,46+,47-/m1/s1. The fraction of sp³-hybridized carbons (Fsp3) is 0.723. The van der Waals surface area contributed by atoms with Crippen LogP contribution in [0, 0.1) is 22.7 Å². The molecule has 18 atom stereocenters. The molecule has 0 spiro atoms. The predicted octanol–water partition coefficient (Wildman–Crippen LogP) is 4.11. The number of ketones is 1. The normalized spacial score (nSPS) is 45.5. The zero-order valence-corrected chi connectivity index (χ0v) is 37.4. The van der Waals surface area contributed by atoms with E-state index in [0.717, 1.165) is 5.57 Å². The molecule has 0 radical (unpaired) electrons. The lowest BCUT2D eigenvalue weighted by Crippen LogP contribution is -2.80. The summed E-state index contributed by atoms with van der Waals surface area (Å²) in [7, 11) is 2.97. The Morgan fingerprint density at radius 1 is 0.855 bits per heavy atom. The number of hydrogen-bond donors (Lipinski definition) is 4. The average Bonchev–Trinajstić information content (AvgIpc) is 3.54. The van der Waals surface area contributed by atoms with Crippen LogP contribution in [0.2, 0.25) is 0 Å². The summed E-state index contributed by atoms with van der Waals surface area (Å²) < 4.78 is 49.3. The molecular weight excluding hydrogens is 805 g/mol. The SMILES string of the molecule is C/C=C(\C)C(=O)O[C@@H]1[C@@H](OC(=O)c2ccccc2)[C@@H]2[C@@]3(C)CC[C@H](O[C@H]4C[C@@H](OC)[C@H](O[C@@H]5O[C@H](C)[C@@H](O)[C@@H](OC)[C@H]5O)[C@@H](C)O4)CC3=CC[C@@]2(O)[C@@]2(O)CC[C@H](C(C)=O)[C@@]12C. The molecule has 1 aromatic rings. The van der Waals surface area contributed by atoms with Crippen molar-refractivity contribution in [2.75, 3.05) is 14.2 Å². The smallest absolute Gasteiger partial charge is 0.338 e. The molecule has 3 saturated carbocycles. The molecule has 15 heteroatoms. The number of benzene rings is 1. The second kappa shape index (κ2) is 17.7. The molecule has 344 valence electrons. The number of Topliss-reactive ketones (excluding diaryl/α,β-unsaturated/α-hetero) is 1. The molecular formula is C47H66O15. The molecule has 2 aliphatic heterocycles. The van der Waals surface area contributed by atoms with Crippen molar-refractivity contribution in [2.45, 2.75) is 178 Å². The topological polar surface area (TPSA) is 206 Å². The lowest BCUT2D eigenvalue weighted by molar-refractivity contribution is -0.343. The van der Waals surface area contributed by atoms with Gasteiger partial charge in [0.2, 0.25) is 0 Å². The van der Waals surface area contributed by atoms with E-state index in [9.17, 15) is 34.8 Å². The summed E-state index contributed by atoms with van der Waals surface area (Å²) in [6.07, 6.45) is -4.69. The summed E-state index contributed by atoms with van der Waals surface area (Å²) in [6, 6.07) is 8.45. The number of esters is 2. The molecule has 1 aromatic carbocycles. The van der Waals surface area contributed by atoms with Gasteiger partial charge in [-0.25, -0.2) is 9.59 Å². The Hall–Kier alpha value is -3.09. The first-order valence-corrected chi connectivity index (χ1v) is 22.1. The van der Waals surface area contributed by atoms with Gasteiger partial charge in [-0.1, -0.05) is 49.8 Å². The number of fused-ring (bicyclic) bond motifs is 5. The number of carbonyl (C=O) groups excluding carboxylic acids is 3. The number of methoxy groups -OCH3 is 2. The van der Waals surface area contributed by atoms with Crippen molar-refractivity contribution in [3.05, 3.63) is 59.2 Å². The Kier molecular flexibility index (Phi) is 13.4. The van der Waals surface area contributed by atoms with Gasteiger partial charge in [-0.05, 0) is 90.7 Å². The average molecular weight is 871 g/mol. The maximum Gasteiger partial charge on any atom is 0.338 e. The summed E-state index contributed by atoms with van der Waals surface area (Å²) in [6.45, 7) is 12.0. The van der Waals surface area contributed by atoms with Gasteiger partial charge in [0, 0.05) is 43.5 Å². The molecule has 5 fully saturated rings. The third-order valence-corrected chi connectivity index (χ3v) is 15.7. The van der Waals surface area contributed by atoms with Crippen LogP contribution in [0.5, 0.6) is 0 Å². The molecule has 7 rings (SSSR count). The summed E-state index contributed by atoms with van der Waals surface area (Å²) >= 11 is 0. The minimum atomic E-state index is -1.91. The van der Waals surface area contributed by atoms with Crippen molar-refractivity contribution in [2.24, 2.45) is 22.7 Å². The van der Waals surface area contributed by atoms with Gasteiger partial charge in [-0.2, -0.15) is 0 Å². The maximum atomic E-state index is 14.1. The van der Waals surface area contributed by atoms with Crippen molar-refractivity contribution in [1.82, 2.24) is 0 Å². The van der Waals surface area contributed by atoms with Gasteiger partial charge in [0.25, 0.3) is 0 Å². The molecule has 4 aliphatic carbocycles. The van der Waals surface area contributed by atoms with E-state index < -0.39 is 113 Å². The van der Waals surface area contributed by atoms with E-state index in [4.69, 9.17) is 37.9 Å². The molecule has 0 aromatic heterocycles. The molecule has 2 saturated heterocycles. The van der Waals surface area contributed by atoms with Gasteiger partial charge in [-0.3, -0.25) is 4.79 Å². The lowest BCUT2D eigenvalue weighted by Gasteiger charge is -2.68. The summed E-state index contributed by atoms with van der Waals surface area (Å²) in [5, 5.41) is 47.8. The quantitative estimate of drug-likeness (QED) is 0.140. The van der Waals surface area contributed by atoms with Gasteiger partial charge in [0.15, 0.2) is 12.6 Å². The molecule has 0 amide bonds. The monoisotopic (exact) mass is 870 g/mol. The fourth-order valence-corrected chi connectivity index (χ4v) is 12.1. The van der Waals surface area contributed by atoms with E-state index in [1.807, 2.05) is 19.9 Å². The van der Waals surface area contributed by atoms with E-state index >= 15 is 0 Å². The van der Waals surface area contributed by atoms with Gasteiger partial charge in [0.1, 0.15) is 53.6 Å². The zero-order valence-electron chi connectivity index (χ0n) is 37.4. The second-order valence-corrected chi connectivity index (χ2v) is 18.9. The summed E-state index contributed by atoms with van der Waals surface area (Å²) in [5.41, 5.74) is -4.72. The minimum Gasteiger partial charge on any atom is -0.454 e. The van der Waals surface area contributed by atoms with Crippen molar-refractivity contribution in [3.63, 3.8) is 0 Å². The first-order chi connectivity index (χ1) is 29.3.